The molecule has 0 atom stereocenters. The number of rotatable bonds is 9. The lowest BCUT2D eigenvalue weighted by Gasteiger charge is -2.11. The molecule has 10 nitrogen and oxygen atoms in total. The summed E-state index contributed by atoms with van der Waals surface area (Å²) in [6.07, 6.45) is 0.483. The molecule has 1 saturated heterocycles. The van der Waals surface area contributed by atoms with Crippen molar-refractivity contribution in [2.24, 2.45) is 0 Å². The van der Waals surface area contributed by atoms with Crippen LogP contribution in [-0.4, -0.2) is 52.9 Å². The molecule has 33 heavy (non-hydrogen) atoms. The van der Waals surface area contributed by atoms with E-state index in [9.17, 15) is 4.79 Å². The van der Waals surface area contributed by atoms with Crippen LogP contribution in [0.5, 0.6) is 11.5 Å². The number of aromatic nitrogens is 3. The third kappa shape index (κ3) is 5.99. The van der Waals surface area contributed by atoms with E-state index in [1.807, 2.05) is 38.1 Å². The second kappa shape index (κ2) is 10.3. The van der Waals surface area contributed by atoms with Crippen LogP contribution in [0.2, 0.25) is 0 Å². The predicted molar refractivity (Wildman–Crippen MR) is 122 cm³/mol. The van der Waals surface area contributed by atoms with Crippen molar-refractivity contribution in [1.82, 2.24) is 14.8 Å². The van der Waals surface area contributed by atoms with Gasteiger partial charge in [-0.05, 0) is 50.2 Å². The smallest absolute Gasteiger partial charge is 0.281 e. The Bertz CT molecular complexity index is 1080. The number of nitrogens with two attached hydrogens (primary N) is 1. The quantitative estimate of drug-likeness (QED) is 0.503. The molecular formula is C23H27N5O5. The summed E-state index contributed by atoms with van der Waals surface area (Å²) >= 11 is 0. The first-order valence-electron chi connectivity index (χ1n) is 10.7. The van der Waals surface area contributed by atoms with Crippen LogP contribution in [0, 0.1) is 0 Å². The van der Waals surface area contributed by atoms with Gasteiger partial charge in [0.1, 0.15) is 11.5 Å². The van der Waals surface area contributed by atoms with E-state index >= 15 is 0 Å². The molecule has 4 rings (SSSR count). The highest BCUT2D eigenvalue weighted by molar-refractivity contribution is 5.97. The van der Waals surface area contributed by atoms with Crippen LogP contribution < -0.4 is 20.5 Å². The summed E-state index contributed by atoms with van der Waals surface area (Å²) in [5, 5.41) is 7.26. The molecule has 174 valence electrons. The highest BCUT2D eigenvalue weighted by Gasteiger charge is 2.17. The van der Waals surface area contributed by atoms with E-state index in [0.717, 1.165) is 4.68 Å². The topological polar surface area (TPSA) is 123 Å². The fourth-order valence-corrected chi connectivity index (χ4v) is 3.24. The molecule has 0 amide bonds. The van der Waals surface area contributed by atoms with Gasteiger partial charge in [0, 0.05) is 23.7 Å². The molecule has 0 saturated carbocycles. The van der Waals surface area contributed by atoms with Gasteiger partial charge in [-0.1, -0.05) is 6.07 Å². The standard InChI is InChI=1S/C23H27N5O5/c1-15(2)33-18-8-6-16(7-9-18)21(29)28-22(24)26-23(27-28)25-17-4-3-5-19(14-17)30-11-10-20-31-12-13-32-20/h3-9,14-15,20H,10-13H2,1-2H3,(H3,24,25,26,27). The average Bonchev–Trinajstić information content (AvgIpc) is 3.43. The van der Waals surface area contributed by atoms with Gasteiger partial charge in [-0.25, -0.2) is 0 Å². The van der Waals surface area contributed by atoms with Gasteiger partial charge in [0.2, 0.25) is 11.9 Å². The molecule has 1 fully saturated rings. The van der Waals surface area contributed by atoms with Crippen molar-refractivity contribution in [3.05, 3.63) is 54.1 Å². The molecule has 0 aliphatic carbocycles. The van der Waals surface area contributed by atoms with Crippen molar-refractivity contribution in [2.75, 3.05) is 30.9 Å². The van der Waals surface area contributed by atoms with Crippen LogP contribution in [0.1, 0.15) is 30.6 Å². The van der Waals surface area contributed by atoms with E-state index in [2.05, 4.69) is 15.4 Å². The number of ether oxygens (including phenoxy) is 4. The third-order valence-corrected chi connectivity index (χ3v) is 4.70. The number of carbonyl (C=O) groups is 1. The number of nitrogen functional groups attached to an aromatic ring is 1. The van der Waals surface area contributed by atoms with Gasteiger partial charge in [0.25, 0.3) is 5.91 Å². The Hall–Kier alpha value is -3.63. The molecule has 1 aliphatic heterocycles. The Morgan fingerprint density at radius 1 is 1.18 bits per heavy atom. The van der Waals surface area contributed by atoms with E-state index in [0.29, 0.717) is 49.0 Å². The lowest BCUT2D eigenvalue weighted by atomic mass is 10.2. The number of carbonyl (C=O) groups excluding carboxylic acids is 1. The van der Waals surface area contributed by atoms with Crippen LogP contribution in [0.3, 0.4) is 0 Å². The number of nitrogens with one attached hydrogen (secondary N) is 1. The van der Waals surface area contributed by atoms with Crippen LogP contribution in [0.15, 0.2) is 48.5 Å². The summed E-state index contributed by atoms with van der Waals surface area (Å²) in [5.74, 6) is 1.14. The molecule has 3 aromatic rings. The Balaban J connectivity index is 1.38. The molecule has 1 aromatic heterocycles. The summed E-state index contributed by atoms with van der Waals surface area (Å²) in [6, 6.07) is 14.1. The zero-order valence-corrected chi connectivity index (χ0v) is 18.6. The van der Waals surface area contributed by atoms with E-state index in [1.165, 1.54) is 0 Å². The molecule has 0 spiro atoms. The monoisotopic (exact) mass is 453 g/mol. The fourth-order valence-electron chi connectivity index (χ4n) is 3.24. The highest BCUT2D eigenvalue weighted by Crippen LogP contribution is 2.22. The number of hydrogen-bond acceptors (Lipinski definition) is 9. The van der Waals surface area contributed by atoms with Crippen molar-refractivity contribution in [2.45, 2.75) is 32.7 Å². The predicted octanol–water partition coefficient (Wildman–Crippen LogP) is 3.22. The zero-order valence-electron chi connectivity index (χ0n) is 18.6. The zero-order chi connectivity index (χ0) is 23.2. The Kier molecular flexibility index (Phi) is 7.06. The van der Waals surface area contributed by atoms with Crippen LogP contribution >= 0.6 is 0 Å². The van der Waals surface area contributed by atoms with Gasteiger partial charge >= 0.3 is 0 Å². The Morgan fingerprint density at radius 2 is 1.94 bits per heavy atom. The maximum atomic E-state index is 12.8. The molecule has 3 N–H and O–H groups in total. The second-order valence-corrected chi connectivity index (χ2v) is 7.66. The number of benzene rings is 2. The van der Waals surface area contributed by atoms with E-state index in [-0.39, 0.29) is 24.3 Å². The van der Waals surface area contributed by atoms with Crippen LogP contribution in [0.4, 0.5) is 17.6 Å². The largest absolute Gasteiger partial charge is 0.493 e. The first-order chi connectivity index (χ1) is 16.0. The van der Waals surface area contributed by atoms with Crippen molar-refractivity contribution >= 4 is 23.5 Å². The maximum Gasteiger partial charge on any atom is 0.281 e. The van der Waals surface area contributed by atoms with Crippen molar-refractivity contribution in [1.29, 1.82) is 0 Å². The van der Waals surface area contributed by atoms with E-state index < -0.39 is 5.91 Å². The molecule has 0 radical (unpaired) electrons. The summed E-state index contributed by atoms with van der Waals surface area (Å²) in [6.45, 7) is 5.57. The first-order valence-corrected chi connectivity index (χ1v) is 10.7. The normalized spacial score (nSPS) is 13.9. The molecule has 10 heteroatoms. The number of hydrogen-bond donors (Lipinski definition) is 2. The minimum absolute atomic E-state index is 0.0195. The highest BCUT2D eigenvalue weighted by atomic mass is 16.7. The SMILES string of the molecule is CC(C)Oc1ccc(C(=O)n2nc(Nc3cccc(OCCC4OCCO4)c3)nc2N)cc1. The number of nitrogens with zero attached hydrogens (tertiary/aromatic N) is 3. The summed E-state index contributed by atoms with van der Waals surface area (Å²) < 4.78 is 23.2. The molecule has 2 heterocycles. The summed E-state index contributed by atoms with van der Waals surface area (Å²) in [5.41, 5.74) is 7.05. The van der Waals surface area contributed by atoms with Gasteiger partial charge in [-0.2, -0.15) is 9.67 Å². The maximum absolute atomic E-state index is 12.8. The molecule has 0 bridgehead atoms. The molecule has 2 aromatic carbocycles. The minimum Gasteiger partial charge on any atom is -0.493 e. The van der Waals surface area contributed by atoms with Gasteiger partial charge < -0.3 is 30.0 Å². The van der Waals surface area contributed by atoms with Crippen molar-refractivity contribution in [3.8, 4) is 11.5 Å². The van der Waals surface area contributed by atoms with Crippen LogP contribution in [0.25, 0.3) is 0 Å². The van der Waals surface area contributed by atoms with Gasteiger partial charge in [0.05, 0.1) is 25.9 Å². The van der Waals surface area contributed by atoms with Gasteiger partial charge in [0.15, 0.2) is 6.29 Å². The molecule has 0 unspecified atom stereocenters. The van der Waals surface area contributed by atoms with Crippen molar-refractivity contribution < 1.29 is 23.7 Å². The average molecular weight is 453 g/mol. The van der Waals surface area contributed by atoms with Crippen molar-refractivity contribution in [3.63, 3.8) is 0 Å². The fraction of sp³-hybridized carbons (Fsp3) is 0.348. The van der Waals surface area contributed by atoms with E-state index in [4.69, 9.17) is 24.7 Å². The summed E-state index contributed by atoms with van der Waals surface area (Å²) in [7, 11) is 0. The minimum atomic E-state index is -0.391. The van der Waals surface area contributed by atoms with E-state index in [1.54, 1.807) is 24.3 Å². The van der Waals surface area contributed by atoms with Gasteiger partial charge in [-0.15, -0.1) is 5.10 Å². The Morgan fingerprint density at radius 3 is 2.67 bits per heavy atom. The number of anilines is 3. The molecule has 1 aliphatic rings. The van der Waals surface area contributed by atoms with Crippen LogP contribution in [-0.2, 0) is 9.47 Å². The Labute approximate surface area is 191 Å². The first kappa shape index (κ1) is 22.6. The third-order valence-electron chi connectivity index (χ3n) is 4.70. The lowest BCUT2D eigenvalue weighted by Crippen LogP contribution is -2.16. The summed E-state index contributed by atoms with van der Waals surface area (Å²) in [4.78, 5) is 17.0. The second-order valence-electron chi connectivity index (χ2n) is 7.66. The van der Waals surface area contributed by atoms with Gasteiger partial charge in [-0.3, -0.25) is 4.79 Å². The lowest BCUT2D eigenvalue weighted by molar-refractivity contribution is -0.0531. The molecular weight excluding hydrogens is 426 g/mol.